The van der Waals surface area contributed by atoms with Crippen LogP contribution in [-0.2, 0) is 0 Å². The van der Waals surface area contributed by atoms with Gasteiger partial charge in [-0.1, -0.05) is 0 Å². The van der Waals surface area contributed by atoms with E-state index in [9.17, 15) is 0 Å². The van der Waals surface area contributed by atoms with Crippen molar-refractivity contribution in [3.8, 4) is 0 Å². The third kappa shape index (κ3) is 2.75. The van der Waals surface area contributed by atoms with Crippen molar-refractivity contribution in [2.75, 3.05) is 24.6 Å². The third-order valence-corrected chi connectivity index (χ3v) is 3.67. The fourth-order valence-corrected chi connectivity index (χ4v) is 2.52. The van der Waals surface area contributed by atoms with Crippen LogP contribution in [0.2, 0.25) is 0 Å². The molecule has 17 heavy (non-hydrogen) atoms. The molecule has 0 spiro atoms. The van der Waals surface area contributed by atoms with Crippen LogP contribution in [0.15, 0.2) is 6.33 Å². The predicted molar refractivity (Wildman–Crippen MR) is 68.1 cm³/mol. The Hall–Kier alpha value is -1.16. The van der Waals surface area contributed by atoms with E-state index in [-0.39, 0.29) is 0 Å². The molecule has 1 aromatic rings. The molecule has 1 fully saturated rings. The molecule has 0 bridgehead atoms. The van der Waals surface area contributed by atoms with Crippen LogP contribution >= 0.6 is 0 Å². The smallest absolute Gasteiger partial charge is 0.135 e. The largest absolute Gasteiger partial charge is 0.396 e. The Morgan fingerprint density at radius 2 is 2.24 bits per heavy atom. The molecule has 1 aromatic heterocycles. The van der Waals surface area contributed by atoms with Crippen molar-refractivity contribution in [1.82, 2.24) is 9.97 Å². The highest BCUT2D eigenvalue weighted by molar-refractivity contribution is 5.47. The van der Waals surface area contributed by atoms with Crippen LogP contribution in [0.25, 0.3) is 0 Å². The van der Waals surface area contributed by atoms with Gasteiger partial charge in [0.15, 0.2) is 0 Å². The predicted octanol–water partition coefficient (Wildman–Crippen LogP) is 1.69. The molecule has 2 rings (SSSR count). The van der Waals surface area contributed by atoms with Gasteiger partial charge in [0.2, 0.25) is 0 Å². The van der Waals surface area contributed by atoms with Gasteiger partial charge in [0.25, 0.3) is 0 Å². The summed E-state index contributed by atoms with van der Waals surface area (Å²) < 4.78 is 0. The van der Waals surface area contributed by atoms with E-state index in [2.05, 4.69) is 21.8 Å². The van der Waals surface area contributed by atoms with Gasteiger partial charge in [0.1, 0.15) is 12.1 Å². The summed E-state index contributed by atoms with van der Waals surface area (Å²) in [4.78, 5) is 11.0. The van der Waals surface area contributed by atoms with Crippen molar-refractivity contribution >= 4 is 5.82 Å². The van der Waals surface area contributed by atoms with Crippen LogP contribution in [0.3, 0.4) is 0 Å². The summed E-state index contributed by atoms with van der Waals surface area (Å²) in [5, 5.41) is 9.03. The lowest BCUT2D eigenvalue weighted by Gasteiger charge is -2.34. The molecule has 4 nitrogen and oxygen atoms in total. The number of rotatable bonds is 3. The monoisotopic (exact) mass is 235 g/mol. The summed E-state index contributed by atoms with van der Waals surface area (Å²) in [6.07, 6.45) is 4.96. The van der Waals surface area contributed by atoms with Gasteiger partial charge >= 0.3 is 0 Å². The van der Waals surface area contributed by atoms with Gasteiger partial charge in [-0.15, -0.1) is 0 Å². The first kappa shape index (κ1) is 12.3. The molecule has 1 N–H and O–H groups in total. The second-order valence-electron chi connectivity index (χ2n) is 4.87. The van der Waals surface area contributed by atoms with Crippen LogP contribution in [-0.4, -0.2) is 34.8 Å². The zero-order valence-corrected chi connectivity index (χ0v) is 10.7. The molecule has 0 amide bonds. The van der Waals surface area contributed by atoms with Gasteiger partial charge in [-0.3, -0.25) is 0 Å². The molecule has 4 heteroatoms. The molecule has 1 aliphatic heterocycles. The minimum Gasteiger partial charge on any atom is -0.396 e. The first-order valence-electron chi connectivity index (χ1n) is 6.36. The number of aromatic nitrogens is 2. The highest BCUT2D eigenvalue weighted by Crippen LogP contribution is 2.26. The molecule has 0 saturated carbocycles. The maximum absolute atomic E-state index is 9.03. The minimum atomic E-state index is 0.292. The molecule has 1 saturated heterocycles. The Bertz CT molecular complexity index is 379. The molecular formula is C13H21N3O. The first-order chi connectivity index (χ1) is 8.22. The van der Waals surface area contributed by atoms with E-state index >= 15 is 0 Å². The molecule has 1 atom stereocenters. The fraction of sp³-hybridized carbons (Fsp3) is 0.692. The van der Waals surface area contributed by atoms with Crippen molar-refractivity contribution in [3.05, 3.63) is 17.6 Å². The van der Waals surface area contributed by atoms with E-state index in [1.807, 2.05) is 6.92 Å². The number of nitrogens with zero attached hydrogens (tertiary/aromatic N) is 3. The van der Waals surface area contributed by atoms with Gasteiger partial charge in [0, 0.05) is 31.0 Å². The van der Waals surface area contributed by atoms with E-state index in [4.69, 9.17) is 5.11 Å². The summed E-state index contributed by atoms with van der Waals surface area (Å²) in [6.45, 7) is 6.48. The summed E-state index contributed by atoms with van der Waals surface area (Å²) >= 11 is 0. The Balaban J connectivity index is 2.13. The van der Waals surface area contributed by atoms with Crippen molar-refractivity contribution in [2.45, 2.75) is 33.1 Å². The minimum absolute atomic E-state index is 0.292. The van der Waals surface area contributed by atoms with Gasteiger partial charge in [0.05, 0.1) is 0 Å². The van der Waals surface area contributed by atoms with Crippen LogP contribution in [0.5, 0.6) is 0 Å². The lowest BCUT2D eigenvalue weighted by Crippen LogP contribution is -2.36. The topological polar surface area (TPSA) is 49.2 Å². The van der Waals surface area contributed by atoms with Crippen LogP contribution in [0.1, 0.15) is 30.5 Å². The van der Waals surface area contributed by atoms with Gasteiger partial charge in [-0.05, 0) is 39.0 Å². The highest BCUT2D eigenvalue weighted by Gasteiger charge is 2.22. The van der Waals surface area contributed by atoms with Crippen molar-refractivity contribution in [1.29, 1.82) is 0 Å². The summed E-state index contributed by atoms with van der Waals surface area (Å²) in [5.41, 5.74) is 2.23. The van der Waals surface area contributed by atoms with Crippen molar-refractivity contribution in [3.63, 3.8) is 0 Å². The Kier molecular flexibility index (Phi) is 3.94. The molecule has 94 valence electrons. The molecular weight excluding hydrogens is 214 g/mol. The van der Waals surface area contributed by atoms with Crippen LogP contribution in [0, 0.1) is 19.8 Å². The SMILES string of the molecule is Cc1ncnc(N2CCCC(CCO)C2)c1C. The normalized spacial score (nSPS) is 20.6. The number of hydrogen-bond donors (Lipinski definition) is 1. The number of aliphatic hydroxyl groups is 1. The first-order valence-corrected chi connectivity index (χ1v) is 6.36. The fourth-order valence-electron chi connectivity index (χ4n) is 2.52. The standard InChI is InChI=1S/C13H21N3O/c1-10-11(2)14-9-15-13(10)16-6-3-4-12(8-16)5-7-17/h9,12,17H,3-8H2,1-2H3. The average molecular weight is 235 g/mol. The summed E-state index contributed by atoms with van der Waals surface area (Å²) in [5.74, 6) is 1.67. The molecule has 1 aliphatic rings. The highest BCUT2D eigenvalue weighted by atomic mass is 16.3. The van der Waals surface area contributed by atoms with E-state index in [1.165, 1.54) is 18.4 Å². The maximum Gasteiger partial charge on any atom is 0.135 e. The molecule has 2 heterocycles. The summed E-state index contributed by atoms with van der Waals surface area (Å²) in [7, 11) is 0. The zero-order valence-electron chi connectivity index (χ0n) is 10.7. The van der Waals surface area contributed by atoms with E-state index < -0.39 is 0 Å². The van der Waals surface area contributed by atoms with Gasteiger partial charge < -0.3 is 10.0 Å². The Morgan fingerprint density at radius 3 is 3.00 bits per heavy atom. The van der Waals surface area contributed by atoms with Crippen molar-refractivity contribution in [2.24, 2.45) is 5.92 Å². The molecule has 0 aromatic carbocycles. The Labute approximate surface area is 103 Å². The molecule has 0 radical (unpaired) electrons. The lowest BCUT2D eigenvalue weighted by molar-refractivity contribution is 0.244. The number of hydrogen-bond acceptors (Lipinski definition) is 4. The zero-order chi connectivity index (χ0) is 12.3. The second kappa shape index (κ2) is 5.45. The molecule has 0 aliphatic carbocycles. The third-order valence-electron chi connectivity index (χ3n) is 3.67. The van der Waals surface area contributed by atoms with E-state index in [1.54, 1.807) is 6.33 Å². The van der Waals surface area contributed by atoms with Crippen LogP contribution < -0.4 is 4.90 Å². The number of aliphatic hydroxyl groups excluding tert-OH is 1. The van der Waals surface area contributed by atoms with Crippen molar-refractivity contribution < 1.29 is 5.11 Å². The van der Waals surface area contributed by atoms with Crippen LogP contribution in [0.4, 0.5) is 5.82 Å². The lowest BCUT2D eigenvalue weighted by atomic mass is 9.95. The second-order valence-corrected chi connectivity index (χ2v) is 4.87. The quantitative estimate of drug-likeness (QED) is 0.866. The number of piperidine rings is 1. The van der Waals surface area contributed by atoms with Gasteiger partial charge in [-0.2, -0.15) is 0 Å². The van der Waals surface area contributed by atoms with E-state index in [0.717, 1.165) is 31.0 Å². The van der Waals surface area contributed by atoms with E-state index in [0.29, 0.717) is 12.5 Å². The maximum atomic E-state index is 9.03. The average Bonchev–Trinajstić information content (AvgIpc) is 2.33. The number of aryl methyl sites for hydroxylation is 1. The Morgan fingerprint density at radius 1 is 1.41 bits per heavy atom. The number of anilines is 1. The summed E-state index contributed by atoms with van der Waals surface area (Å²) in [6, 6.07) is 0. The molecule has 1 unspecified atom stereocenters. The van der Waals surface area contributed by atoms with Gasteiger partial charge in [-0.25, -0.2) is 9.97 Å².